The standard InChI is InChI=1S/C8H16N2O5.2ClH/c9-3-1-8(2-4-10,7(13)14)15-5-6(11)12;;/h1-5,9-10H2,(H,11,12)(H,13,14);2*1H. The van der Waals surface area contributed by atoms with Crippen LogP contribution in [0.3, 0.4) is 0 Å². The Morgan fingerprint density at radius 1 is 1.06 bits per heavy atom. The van der Waals surface area contributed by atoms with Crippen molar-refractivity contribution in [2.45, 2.75) is 18.4 Å². The highest BCUT2D eigenvalue weighted by Crippen LogP contribution is 2.20. The second-order valence-electron chi connectivity index (χ2n) is 3.06. The van der Waals surface area contributed by atoms with Crippen LogP contribution in [0, 0.1) is 0 Å². The van der Waals surface area contributed by atoms with Gasteiger partial charge in [0, 0.05) is 0 Å². The summed E-state index contributed by atoms with van der Waals surface area (Å²) in [5.74, 6) is -2.46. The minimum atomic E-state index is -1.58. The van der Waals surface area contributed by atoms with Crippen LogP contribution >= 0.6 is 24.8 Å². The van der Waals surface area contributed by atoms with Gasteiger partial charge in [0.1, 0.15) is 6.61 Å². The van der Waals surface area contributed by atoms with Crippen molar-refractivity contribution in [3.8, 4) is 0 Å². The number of carbonyl (C=O) groups is 2. The number of halogens is 2. The molecule has 0 unspecified atom stereocenters. The molecule has 0 aliphatic heterocycles. The van der Waals surface area contributed by atoms with Crippen LogP contribution in [-0.2, 0) is 14.3 Å². The Morgan fingerprint density at radius 2 is 1.47 bits per heavy atom. The zero-order valence-corrected chi connectivity index (χ0v) is 10.8. The van der Waals surface area contributed by atoms with Crippen molar-refractivity contribution in [1.29, 1.82) is 0 Å². The maximum atomic E-state index is 11.0. The first-order chi connectivity index (χ1) is 6.98. The molecule has 0 radical (unpaired) electrons. The largest absolute Gasteiger partial charge is 0.480 e. The maximum Gasteiger partial charge on any atom is 0.336 e. The summed E-state index contributed by atoms with van der Waals surface area (Å²) >= 11 is 0. The molecule has 0 spiro atoms. The van der Waals surface area contributed by atoms with E-state index in [9.17, 15) is 9.59 Å². The van der Waals surface area contributed by atoms with Gasteiger partial charge < -0.3 is 26.4 Å². The number of ether oxygens (including phenoxy) is 1. The van der Waals surface area contributed by atoms with E-state index >= 15 is 0 Å². The van der Waals surface area contributed by atoms with Gasteiger partial charge in [0.05, 0.1) is 0 Å². The van der Waals surface area contributed by atoms with Crippen molar-refractivity contribution < 1.29 is 24.5 Å². The van der Waals surface area contributed by atoms with Crippen LogP contribution in [0.25, 0.3) is 0 Å². The van der Waals surface area contributed by atoms with E-state index in [0.717, 1.165) is 0 Å². The summed E-state index contributed by atoms with van der Waals surface area (Å²) in [7, 11) is 0. The van der Waals surface area contributed by atoms with E-state index in [-0.39, 0.29) is 50.7 Å². The molecule has 0 aliphatic carbocycles. The van der Waals surface area contributed by atoms with Crippen LogP contribution in [0.2, 0.25) is 0 Å². The van der Waals surface area contributed by atoms with Crippen molar-refractivity contribution in [3.63, 3.8) is 0 Å². The van der Waals surface area contributed by atoms with E-state index in [1.165, 1.54) is 0 Å². The van der Waals surface area contributed by atoms with Gasteiger partial charge in [-0.25, -0.2) is 9.59 Å². The quantitative estimate of drug-likeness (QED) is 0.471. The molecule has 0 amide bonds. The lowest BCUT2D eigenvalue weighted by atomic mass is 9.95. The minimum absolute atomic E-state index is 0. The van der Waals surface area contributed by atoms with Gasteiger partial charge in [0.25, 0.3) is 0 Å². The lowest BCUT2D eigenvalue weighted by Gasteiger charge is -2.28. The number of hydrogen-bond acceptors (Lipinski definition) is 5. The van der Waals surface area contributed by atoms with E-state index in [1.54, 1.807) is 0 Å². The molecular weight excluding hydrogens is 275 g/mol. The first-order valence-corrected chi connectivity index (χ1v) is 4.48. The van der Waals surface area contributed by atoms with Gasteiger partial charge in [-0.2, -0.15) is 0 Å². The third-order valence-corrected chi connectivity index (χ3v) is 1.96. The zero-order chi connectivity index (χ0) is 11.9. The Balaban J connectivity index is -0.000000980. The predicted molar refractivity (Wildman–Crippen MR) is 65.8 cm³/mol. The molecule has 0 rings (SSSR count). The van der Waals surface area contributed by atoms with Gasteiger partial charge in [-0.15, -0.1) is 24.8 Å². The molecule has 0 aromatic carbocycles. The maximum absolute atomic E-state index is 11.0. The summed E-state index contributed by atoms with van der Waals surface area (Å²) in [6.45, 7) is -0.496. The van der Waals surface area contributed by atoms with Crippen molar-refractivity contribution in [2.24, 2.45) is 11.5 Å². The van der Waals surface area contributed by atoms with Crippen molar-refractivity contribution in [3.05, 3.63) is 0 Å². The third-order valence-electron chi connectivity index (χ3n) is 1.96. The van der Waals surface area contributed by atoms with Gasteiger partial charge in [-0.3, -0.25) is 0 Å². The fourth-order valence-electron chi connectivity index (χ4n) is 1.21. The molecule has 6 N–H and O–H groups in total. The molecule has 0 atom stereocenters. The SMILES string of the molecule is Cl.Cl.NCCC(CCN)(OCC(=O)O)C(=O)O. The second-order valence-corrected chi connectivity index (χ2v) is 3.06. The summed E-state index contributed by atoms with van der Waals surface area (Å²) in [6.07, 6.45) is 0.0691. The lowest BCUT2D eigenvalue weighted by Crippen LogP contribution is -2.46. The molecular formula is C8H18Cl2N2O5. The van der Waals surface area contributed by atoms with E-state index in [0.29, 0.717) is 0 Å². The lowest BCUT2D eigenvalue weighted by molar-refractivity contribution is -0.173. The van der Waals surface area contributed by atoms with Gasteiger partial charge in [0.15, 0.2) is 5.60 Å². The minimum Gasteiger partial charge on any atom is -0.480 e. The average Bonchev–Trinajstić information content (AvgIpc) is 2.14. The number of aliphatic carboxylic acids is 2. The molecule has 0 heterocycles. The number of carboxylic acids is 2. The van der Waals surface area contributed by atoms with E-state index < -0.39 is 24.1 Å². The summed E-state index contributed by atoms with van der Waals surface area (Å²) in [5.41, 5.74) is 8.93. The zero-order valence-electron chi connectivity index (χ0n) is 9.13. The first-order valence-electron chi connectivity index (χ1n) is 4.48. The van der Waals surface area contributed by atoms with Gasteiger partial charge in [-0.1, -0.05) is 0 Å². The molecule has 0 aromatic rings. The van der Waals surface area contributed by atoms with Crippen LogP contribution in [0.1, 0.15) is 12.8 Å². The average molecular weight is 293 g/mol. The fourth-order valence-corrected chi connectivity index (χ4v) is 1.21. The van der Waals surface area contributed by atoms with Crippen molar-refractivity contribution in [1.82, 2.24) is 0 Å². The monoisotopic (exact) mass is 292 g/mol. The molecule has 7 nitrogen and oxygen atoms in total. The number of nitrogens with two attached hydrogens (primary N) is 2. The molecule has 0 aliphatic rings. The van der Waals surface area contributed by atoms with Crippen LogP contribution in [0.5, 0.6) is 0 Å². The molecule has 17 heavy (non-hydrogen) atoms. The van der Waals surface area contributed by atoms with Crippen molar-refractivity contribution >= 4 is 36.8 Å². The summed E-state index contributed by atoms with van der Waals surface area (Å²) < 4.78 is 4.87. The highest BCUT2D eigenvalue weighted by atomic mass is 35.5. The van der Waals surface area contributed by atoms with Crippen LogP contribution < -0.4 is 11.5 Å². The Kier molecular flexibility index (Phi) is 13.4. The Hall–Kier alpha value is -0.600. The summed E-state index contributed by atoms with van der Waals surface area (Å²) in [6, 6.07) is 0. The summed E-state index contributed by atoms with van der Waals surface area (Å²) in [5, 5.41) is 17.4. The first kappa shape index (κ1) is 21.7. The fraction of sp³-hybridized carbons (Fsp3) is 0.750. The normalized spacial score (nSPS) is 10.0. The van der Waals surface area contributed by atoms with Crippen LogP contribution in [0.4, 0.5) is 0 Å². The van der Waals surface area contributed by atoms with Gasteiger partial charge in [0.2, 0.25) is 0 Å². The van der Waals surface area contributed by atoms with E-state index in [4.69, 9.17) is 26.4 Å². The molecule has 104 valence electrons. The molecule has 0 saturated carbocycles. The van der Waals surface area contributed by atoms with Crippen molar-refractivity contribution in [2.75, 3.05) is 19.7 Å². The Morgan fingerprint density at radius 3 is 1.71 bits per heavy atom. The topological polar surface area (TPSA) is 136 Å². The molecule has 9 heteroatoms. The van der Waals surface area contributed by atoms with Gasteiger partial charge >= 0.3 is 11.9 Å². The highest BCUT2D eigenvalue weighted by Gasteiger charge is 2.38. The highest BCUT2D eigenvalue weighted by molar-refractivity contribution is 5.85. The Bertz CT molecular complexity index is 234. The predicted octanol–water partition coefficient (Wildman–Crippen LogP) is -0.548. The Labute approximate surface area is 111 Å². The summed E-state index contributed by atoms with van der Waals surface area (Å²) in [4.78, 5) is 21.3. The van der Waals surface area contributed by atoms with E-state index in [2.05, 4.69) is 0 Å². The van der Waals surface area contributed by atoms with Gasteiger partial charge in [-0.05, 0) is 25.9 Å². The smallest absolute Gasteiger partial charge is 0.336 e. The van der Waals surface area contributed by atoms with Crippen LogP contribution in [-0.4, -0.2) is 47.4 Å². The second kappa shape index (κ2) is 10.5. The van der Waals surface area contributed by atoms with Crippen LogP contribution in [0.15, 0.2) is 0 Å². The van der Waals surface area contributed by atoms with E-state index in [1.807, 2.05) is 0 Å². The number of carboxylic acid groups (broad SMARTS) is 2. The molecule has 0 aromatic heterocycles. The molecule has 0 saturated heterocycles. The third kappa shape index (κ3) is 7.35. The number of rotatable bonds is 8. The molecule has 0 bridgehead atoms. The number of hydrogen-bond donors (Lipinski definition) is 4. The molecule has 0 fully saturated rings.